The van der Waals surface area contributed by atoms with E-state index in [0.29, 0.717) is 5.92 Å². The summed E-state index contributed by atoms with van der Waals surface area (Å²) in [7, 11) is 0. The number of halogens is 1. The summed E-state index contributed by atoms with van der Waals surface area (Å²) >= 11 is 0. The second-order valence-corrected chi connectivity index (χ2v) is 5.32. The molecule has 0 spiro atoms. The van der Waals surface area contributed by atoms with Crippen LogP contribution in [-0.4, -0.2) is 4.98 Å². The van der Waals surface area contributed by atoms with Crippen molar-refractivity contribution in [2.75, 3.05) is 0 Å². The molecule has 0 atom stereocenters. The fourth-order valence-corrected chi connectivity index (χ4v) is 2.27. The second kappa shape index (κ2) is 6.46. The van der Waals surface area contributed by atoms with Crippen LogP contribution >= 0.6 is 0 Å². The third-order valence-electron chi connectivity index (χ3n) is 3.29. The fraction of sp³-hybridized carbons (Fsp3) is 0.353. The summed E-state index contributed by atoms with van der Waals surface area (Å²) in [6.45, 7) is 4.46. The molecule has 0 saturated carbocycles. The van der Waals surface area contributed by atoms with Crippen molar-refractivity contribution in [2.24, 2.45) is 5.92 Å². The summed E-state index contributed by atoms with van der Waals surface area (Å²) < 4.78 is 13.5. The third kappa shape index (κ3) is 3.88. The van der Waals surface area contributed by atoms with Gasteiger partial charge in [0.1, 0.15) is 5.82 Å². The lowest BCUT2D eigenvalue weighted by Gasteiger charge is -2.11. The van der Waals surface area contributed by atoms with Crippen molar-refractivity contribution in [1.29, 1.82) is 0 Å². The minimum absolute atomic E-state index is 0.181. The SMILES string of the molecule is CC(C)CCCc1ccc(F)cc1-c1ccncc1. The first kappa shape index (κ1) is 13.7. The molecule has 0 radical (unpaired) electrons. The van der Waals surface area contributed by atoms with Gasteiger partial charge in [-0.1, -0.05) is 26.3 Å². The molecule has 1 nitrogen and oxygen atoms in total. The highest BCUT2D eigenvalue weighted by Gasteiger charge is 2.07. The zero-order chi connectivity index (χ0) is 13.7. The van der Waals surface area contributed by atoms with Crippen molar-refractivity contribution in [2.45, 2.75) is 33.1 Å². The third-order valence-corrected chi connectivity index (χ3v) is 3.29. The Bertz CT molecular complexity index is 520. The van der Waals surface area contributed by atoms with Gasteiger partial charge in [0.05, 0.1) is 0 Å². The van der Waals surface area contributed by atoms with E-state index in [1.165, 1.54) is 12.0 Å². The molecule has 0 amide bonds. The van der Waals surface area contributed by atoms with Crippen LogP contribution in [-0.2, 0) is 6.42 Å². The summed E-state index contributed by atoms with van der Waals surface area (Å²) in [5.74, 6) is 0.532. The number of pyridine rings is 1. The molecule has 0 N–H and O–H groups in total. The van der Waals surface area contributed by atoms with Crippen LogP contribution < -0.4 is 0 Å². The van der Waals surface area contributed by atoms with Gasteiger partial charge in [-0.2, -0.15) is 0 Å². The van der Waals surface area contributed by atoms with Gasteiger partial charge in [0.2, 0.25) is 0 Å². The Morgan fingerprint density at radius 1 is 1.11 bits per heavy atom. The number of benzene rings is 1. The lowest BCUT2D eigenvalue weighted by atomic mass is 9.95. The molecule has 0 aliphatic carbocycles. The molecule has 0 saturated heterocycles. The zero-order valence-corrected chi connectivity index (χ0v) is 11.6. The van der Waals surface area contributed by atoms with Crippen molar-refractivity contribution in [3.05, 3.63) is 54.1 Å². The van der Waals surface area contributed by atoms with E-state index < -0.39 is 0 Å². The van der Waals surface area contributed by atoms with E-state index in [9.17, 15) is 4.39 Å². The predicted molar refractivity (Wildman–Crippen MR) is 77.4 cm³/mol. The first-order valence-corrected chi connectivity index (χ1v) is 6.85. The number of aromatic nitrogens is 1. The van der Waals surface area contributed by atoms with Gasteiger partial charge in [0.25, 0.3) is 0 Å². The standard InChI is InChI=1S/C17H20FN/c1-13(2)4-3-5-14-6-7-16(18)12-17(14)15-8-10-19-11-9-15/h6-13H,3-5H2,1-2H3. The molecule has 1 aromatic carbocycles. The minimum Gasteiger partial charge on any atom is -0.265 e. The molecular formula is C17H20FN. The normalized spacial score (nSPS) is 10.9. The molecule has 2 rings (SSSR count). The van der Waals surface area contributed by atoms with Crippen LogP contribution in [0, 0.1) is 11.7 Å². The smallest absolute Gasteiger partial charge is 0.123 e. The number of aryl methyl sites for hydroxylation is 1. The molecule has 0 unspecified atom stereocenters. The van der Waals surface area contributed by atoms with E-state index in [4.69, 9.17) is 0 Å². The molecule has 100 valence electrons. The van der Waals surface area contributed by atoms with Gasteiger partial charge in [-0.15, -0.1) is 0 Å². The average Bonchev–Trinajstić information content (AvgIpc) is 2.41. The molecule has 0 aliphatic heterocycles. The maximum absolute atomic E-state index is 13.5. The highest BCUT2D eigenvalue weighted by Crippen LogP contribution is 2.26. The number of hydrogen-bond acceptors (Lipinski definition) is 1. The molecule has 19 heavy (non-hydrogen) atoms. The van der Waals surface area contributed by atoms with Crippen molar-refractivity contribution >= 4 is 0 Å². The lowest BCUT2D eigenvalue weighted by Crippen LogP contribution is -1.95. The molecular weight excluding hydrogens is 237 g/mol. The summed E-state index contributed by atoms with van der Waals surface area (Å²) in [6.07, 6.45) is 6.83. The molecule has 1 heterocycles. The fourth-order valence-electron chi connectivity index (χ4n) is 2.27. The van der Waals surface area contributed by atoms with Gasteiger partial charge < -0.3 is 0 Å². The molecule has 0 bridgehead atoms. The Hall–Kier alpha value is -1.70. The predicted octanol–water partition coefficient (Wildman–Crippen LogP) is 4.87. The highest BCUT2D eigenvalue weighted by molar-refractivity contribution is 5.66. The van der Waals surface area contributed by atoms with Crippen molar-refractivity contribution in [1.82, 2.24) is 4.98 Å². The van der Waals surface area contributed by atoms with Gasteiger partial charge in [0.15, 0.2) is 0 Å². The maximum atomic E-state index is 13.5. The van der Waals surface area contributed by atoms with Crippen molar-refractivity contribution in [3.63, 3.8) is 0 Å². The van der Waals surface area contributed by atoms with E-state index in [-0.39, 0.29) is 5.82 Å². The van der Waals surface area contributed by atoms with Crippen LogP contribution in [0.1, 0.15) is 32.3 Å². The quantitative estimate of drug-likeness (QED) is 0.745. The van der Waals surface area contributed by atoms with Gasteiger partial charge in [0, 0.05) is 12.4 Å². The van der Waals surface area contributed by atoms with E-state index in [2.05, 4.69) is 18.8 Å². The Balaban J connectivity index is 2.23. The van der Waals surface area contributed by atoms with Gasteiger partial charge >= 0.3 is 0 Å². The molecule has 1 aromatic heterocycles. The van der Waals surface area contributed by atoms with Crippen molar-refractivity contribution in [3.8, 4) is 11.1 Å². The summed E-state index contributed by atoms with van der Waals surface area (Å²) in [5.41, 5.74) is 3.24. The minimum atomic E-state index is -0.181. The van der Waals surface area contributed by atoms with Crippen LogP contribution in [0.15, 0.2) is 42.7 Å². The molecule has 0 fully saturated rings. The number of hydrogen-bond donors (Lipinski definition) is 0. The second-order valence-electron chi connectivity index (χ2n) is 5.32. The summed E-state index contributed by atoms with van der Waals surface area (Å²) in [5, 5.41) is 0. The number of nitrogens with zero attached hydrogens (tertiary/aromatic N) is 1. The van der Waals surface area contributed by atoms with E-state index >= 15 is 0 Å². The molecule has 2 aromatic rings. The summed E-state index contributed by atoms with van der Waals surface area (Å²) in [4.78, 5) is 4.01. The number of rotatable bonds is 5. The van der Waals surface area contributed by atoms with E-state index in [0.717, 1.165) is 24.0 Å². The van der Waals surface area contributed by atoms with E-state index in [1.54, 1.807) is 24.5 Å². The van der Waals surface area contributed by atoms with Crippen LogP contribution in [0.5, 0.6) is 0 Å². The Labute approximate surface area is 114 Å². The zero-order valence-electron chi connectivity index (χ0n) is 11.6. The Kier molecular flexibility index (Phi) is 4.67. The molecule has 0 aliphatic rings. The van der Waals surface area contributed by atoms with Crippen LogP contribution in [0.2, 0.25) is 0 Å². The Morgan fingerprint density at radius 2 is 1.84 bits per heavy atom. The van der Waals surface area contributed by atoms with Crippen molar-refractivity contribution < 1.29 is 4.39 Å². The largest absolute Gasteiger partial charge is 0.265 e. The first-order valence-electron chi connectivity index (χ1n) is 6.85. The van der Waals surface area contributed by atoms with Gasteiger partial charge in [-0.05, 0) is 59.7 Å². The van der Waals surface area contributed by atoms with Crippen LogP contribution in [0.3, 0.4) is 0 Å². The van der Waals surface area contributed by atoms with Crippen LogP contribution in [0.4, 0.5) is 4.39 Å². The lowest BCUT2D eigenvalue weighted by molar-refractivity contribution is 0.555. The topological polar surface area (TPSA) is 12.9 Å². The van der Waals surface area contributed by atoms with Gasteiger partial charge in [-0.25, -0.2) is 4.39 Å². The van der Waals surface area contributed by atoms with E-state index in [1.807, 2.05) is 18.2 Å². The highest BCUT2D eigenvalue weighted by atomic mass is 19.1. The average molecular weight is 257 g/mol. The van der Waals surface area contributed by atoms with Gasteiger partial charge in [-0.3, -0.25) is 4.98 Å². The van der Waals surface area contributed by atoms with Crippen LogP contribution in [0.25, 0.3) is 11.1 Å². The first-order chi connectivity index (χ1) is 9.16. The Morgan fingerprint density at radius 3 is 2.53 bits per heavy atom. The summed E-state index contributed by atoms with van der Waals surface area (Å²) in [6, 6.07) is 8.95. The molecule has 2 heteroatoms. The maximum Gasteiger partial charge on any atom is 0.123 e. The monoisotopic (exact) mass is 257 g/mol.